The van der Waals surface area contributed by atoms with E-state index in [0.717, 1.165) is 16.8 Å². The second-order valence-electron chi connectivity index (χ2n) is 5.72. The molecule has 7 nitrogen and oxygen atoms in total. The van der Waals surface area contributed by atoms with Crippen LogP contribution >= 0.6 is 0 Å². The maximum atomic E-state index is 12.2. The largest absolute Gasteiger partial charge is 0.497 e. The molecule has 0 aliphatic rings. The van der Waals surface area contributed by atoms with Crippen LogP contribution in [0.4, 0.5) is 5.69 Å². The van der Waals surface area contributed by atoms with Crippen LogP contribution in [0.1, 0.15) is 11.1 Å². The van der Waals surface area contributed by atoms with Crippen LogP contribution in [0.3, 0.4) is 0 Å². The van der Waals surface area contributed by atoms with Gasteiger partial charge in [0.1, 0.15) is 12.3 Å². The first-order chi connectivity index (χ1) is 12.0. The van der Waals surface area contributed by atoms with Gasteiger partial charge in [0.05, 0.1) is 7.11 Å². The Labute approximate surface area is 145 Å². The maximum Gasteiger partial charge on any atom is 0.248 e. The monoisotopic (exact) mass is 337 g/mol. The molecule has 1 amide bonds. The van der Waals surface area contributed by atoms with Crippen molar-refractivity contribution in [2.75, 3.05) is 12.4 Å². The lowest BCUT2D eigenvalue weighted by atomic mass is 10.1. The molecule has 0 bridgehead atoms. The molecule has 1 N–H and O–H groups in total. The van der Waals surface area contributed by atoms with Crippen LogP contribution in [0.5, 0.6) is 5.75 Å². The first kappa shape index (κ1) is 16.6. The van der Waals surface area contributed by atoms with E-state index in [1.165, 1.54) is 10.4 Å². The molecule has 0 fully saturated rings. The maximum absolute atomic E-state index is 12.2. The van der Waals surface area contributed by atoms with Gasteiger partial charge in [-0.2, -0.15) is 4.80 Å². The first-order valence-electron chi connectivity index (χ1n) is 7.84. The van der Waals surface area contributed by atoms with Gasteiger partial charge in [-0.3, -0.25) is 4.79 Å². The van der Waals surface area contributed by atoms with Gasteiger partial charge in [-0.15, -0.1) is 10.2 Å². The van der Waals surface area contributed by atoms with E-state index in [1.54, 1.807) is 7.11 Å². The predicted octanol–water partition coefficient (Wildman–Crippen LogP) is 2.60. The van der Waals surface area contributed by atoms with Crippen molar-refractivity contribution in [3.63, 3.8) is 0 Å². The summed E-state index contributed by atoms with van der Waals surface area (Å²) in [6.45, 7) is 4.02. The van der Waals surface area contributed by atoms with Crippen molar-refractivity contribution in [2.24, 2.45) is 0 Å². The number of tetrazole rings is 1. The van der Waals surface area contributed by atoms with Gasteiger partial charge in [0.15, 0.2) is 0 Å². The van der Waals surface area contributed by atoms with E-state index in [-0.39, 0.29) is 12.5 Å². The number of methoxy groups -OCH3 is 1. The van der Waals surface area contributed by atoms with Gasteiger partial charge in [0.25, 0.3) is 0 Å². The van der Waals surface area contributed by atoms with E-state index in [2.05, 4.69) is 20.7 Å². The Balaban J connectivity index is 1.68. The zero-order chi connectivity index (χ0) is 17.8. The number of aryl methyl sites for hydroxylation is 2. The molecule has 2 aromatic carbocycles. The van der Waals surface area contributed by atoms with Crippen molar-refractivity contribution in [3.05, 3.63) is 53.6 Å². The Morgan fingerprint density at radius 3 is 2.76 bits per heavy atom. The highest BCUT2D eigenvalue weighted by Crippen LogP contribution is 2.20. The summed E-state index contributed by atoms with van der Waals surface area (Å²) in [5, 5.41) is 15.0. The van der Waals surface area contributed by atoms with Crippen molar-refractivity contribution < 1.29 is 9.53 Å². The van der Waals surface area contributed by atoms with Gasteiger partial charge in [-0.1, -0.05) is 18.2 Å². The van der Waals surface area contributed by atoms with E-state index in [1.807, 2.05) is 56.3 Å². The highest BCUT2D eigenvalue weighted by atomic mass is 16.5. The van der Waals surface area contributed by atoms with Crippen molar-refractivity contribution in [2.45, 2.75) is 20.4 Å². The third kappa shape index (κ3) is 4.00. The number of carbonyl (C=O) groups is 1. The molecule has 7 heteroatoms. The van der Waals surface area contributed by atoms with Crippen molar-refractivity contribution >= 4 is 11.6 Å². The predicted molar refractivity (Wildman–Crippen MR) is 94.4 cm³/mol. The molecule has 0 saturated heterocycles. The van der Waals surface area contributed by atoms with Crippen LogP contribution in [0.15, 0.2) is 42.5 Å². The number of carbonyl (C=O) groups excluding carboxylic acids is 1. The second kappa shape index (κ2) is 7.12. The number of aromatic nitrogens is 4. The molecule has 3 aromatic rings. The van der Waals surface area contributed by atoms with Crippen LogP contribution in [0.2, 0.25) is 0 Å². The summed E-state index contributed by atoms with van der Waals surface area (Å²) < 4.78 is 5.19. The van der Waals surface area contributed by atoms with Gasteiger partial charge >= 0.3 is 0 Å². The lowest BCUT2D eigenvalue weighted by Crippen LogP contribution is -2.20. The quantitative estimate of drug-likeness (QED) is 0.774. The van der Waals surface area contributed by atoms with Crippen LogP contribution in [0.25, 0.3) is 11.4 Å². The summed E-state index contributed by atoms with van der Waals surface area (Å²) in [6, 6.07) is 13.1. The molecule has 0 radical (unpaired) electrons. The Hall–Kier alpha value is -3.22. The van der Waals surface area contributed by atoms with Crippen LogP contribution in [-0.4, -0.2) is 33.2 Å². The van der Waals surface area contributed by atoms with E-state index in [0.29, 0.717) is 11.6 Å². The number of rotatable bonds is 5. The number of nitrogens with one attached hydrogen (secondary N) is 1. The van der Waals surface area contributed by atoms with E-state index in [9.17, 15) is 4.79 Å². The second-order valence-corrected chi connectivity index (χ2v) is 5.72. The smallest absolute Gasteiger partial charge is 0.248 e. The third-order valence-corrected chi connectivity index (χ3v) is 3.86. The van der Waals surface area contributed by atoms with Gasteiger partial charge in [-0.25, -0.2) is 0 Å². The molecule has 0 aliphatic carbocycles. The first-order valence-corrected chi connectivity index (χ1v) is 7.84. The fourth-order valence-electron chi connectivity index (χ4n) is 2.34. The molecule has 3 rings (SSSR count). The lowest BCUT2D eigenvalue weighted by molar-refractivity contribution is -0.117. The summed E-state index contributed by atoms with van der Waals surface area (Å²) >= 11 is 0. The Kier molecular flexibility index (Phi) is 4.74. The molecule has 0 spiro atoms. The topological polar surface area (TPSA) is 81.9 Å². The Bertz CT molecular complexity index is 904. The fourth-order valence-corrected chi connectivity index (χ4v) is 2.34. The van der Waals surface area contributed by atoms with E-state index in [4.69, 9.17) is 4.74 Å². The fraction of sp³-hybridized carbons (Fsp3) is 0.222. The summed E-state index contributed by atoms with van der Waals surface area (Å²) in [4.78, 5) is 13.4. The van der Waals surface area contributed by atoms with Crippen molar-refractivity contribution in [1.82, 2.24) is 20.2 Å². The van der Waals surface area contributed by atoms with Crippen LogP contribution in [-0.2, 0) is 11.3 Å². The molecule has 0 atom stereocenters. The average molecular weight is 337 g/mol. The average Bonchev–Trinajstić information content (AvgIpc) is 3.06. The molecular weight excluding hydrogens is 318 g/mol. The molecular formula is C18H19N5O2. The summed E-state index contributed by atoms with van der Waals surface area (Å²) in [5.41, 5.74) is 3.83. The number of hydrogen-bond donors (Lipinski definition) is 1. The van der Waals surface area contributed by atoms with E-state index >= 15 is 0 Å². The number of benzene rings is 2. The molecule has 25 heavy (non-hydrogen) atoms. The lowest BCUT2D eigenvalue weighted by Gasteiger charge is -2.07. The van der Waals surface area contributed by atoms with Crippen molar-refractivity contribution in [3.8, 4) is 17.1 Å². The minimum Gasteiger partial charge on any atom is -0.497 e. The zero-order valence-corrected chi connectivity index (χ0v) is 14.4. The highest BCUT2D eigenvalue weighted by Gasteiger charge is 2.10. The Morgan fingerprint density at radius 2 is 2.00 bits per heavy atom. The molecule has 0 saturated carbocycles. The summed E-state index contributed by atoms with van der Waals surface area (Å²) in [6.07, 6.45) is 0. The molecule has 0 aliphatic heterocycles. The number of amides is 1. The number of anilines is 1. The summed E-state index contributed by atoms with van der Waals surface area (Å²) in [7, 11) is 1.60. The van der Waals surface area contributed by atoms with Gasteiger partial charge in [0, 0.05) is 11.3 Å². The molecule has 1 heterocycles. The standard InChI is InChI=1S/C18H19N5O2/c1-12-7-8-15(9-13(12)2)19-17(24)11-23-21-18(20-22-23)14-5-4-6-16(10-14)25-3/h4-10H,11H2,1-3H3,(H,19,24). The van der Waals surface area contributed by atoms with Crippen LogP contribution < -0.4 is 10.1 Å². The van der Waals surface area contributed by atoms with Gasteiger partial charge < -0.3 is 10.1 Å². The third-order valence-electron chi connectivity index (χ3n) is 3.86. The number of ether oxygens (including phenoxy) is 1. The Morgan fingerprint density at radius 1 is 1.16 bits per heavy atom. The zero-order valence-electron chi connectivity index (χ0n) is 14.4. The SMILES string of the molecule is COc1cccc(-c2nnn(CC(=O)Nc3ccc(C)c(C)c3)n2)c1. The minimum atomic E-state index is -0.210. The number of hydrogen-bond acceptors (Lipinski definition) is 5. The molecule has 128 valence electrons. The highest BCUT2D eigenvalue weighted by molar-refractivity contribution is 5.90. The molecule has 1 aromatic heterocycles. The number of nitrogens with zero attached hydrogens (tertiary/aromatic N) is 4. The van der Waals surface area contributed by atoms with Gasteiger partial charge in [0.2, 0.25) is 11.7 Å². The van der Waals surface area contributed by atoms with E-state index < -0.39 is 0 Å². The summed E-state index contributed by atoms with van der Waals surface area (Å²) in [5.74, 6) is 0.942. The van der Waals surface area contributed by atoms with Crippen LogP contribution in [0, 0.1) is 13.8 Å². The molecule has 0 unspecified atom stereocenters. The van der Waals surface area contributed by atoms with Crippen molar-refractivity contribution in [1.29, 1.82) is 0 Å². The minimum absolute atomic E-state index is 0.0100. The normalized spacial score (nSPS) is 10.5. The van der Waals surface area contributed by atoms with Gasteiger partial charge in [-0.05, 0) is 54.5 Å².